The zero-order valence-electron chi connectivity index (χ0n) is 16.1. The average Bonchev–Trinajstić information content (AvgIpc) is 2.68. The van der Waals surface area contributed by atoms with Crippen molar-refractivity contribution >= 4 is 28.1 Å². The minimum absolute atomic E-state index is 0.0211. The Morgan fingerprint density at radius 1 is 0.963 bits per heavy atom. The van der Waals surface area contributed by atoms with Gasteiger partial charge in [0, 0.05) is 29.4 Å². The fourth-order valence-corrected chi connectivity index (χ4v) is 2.94. The summed E-state index contributed by atoms with van der Waals surface area (Å²) in [5, 5.41) is 8.76. The molecule has 0 heterocycles. The van der Waals surface area contributed by atoms with Crippen LogP contribution in [-0.4, -0.2) is 12.5 Å². The summed E-state index contributed by atoms with van der Waals surface area (Å²) in [5.41, 5.74) is 2.94. The van der Waals surface area contributed by atoms with Crippen LogP contribution in [0.25, 0.3) is 10.8 Å². The average molecular weight is 362 g/mol. The maximum Gasteiger partial charge on any atom is 0.226 e. The van der Waals surface area contributed by atoms with Gasteiger partial charge in [0.15, 0.2) is 0 Å². The largest absolute Gasteiger partial charge is 0.494 e. The van der Waals surface area contributed by atoms with E-state index in [1.807, 2.05) is 63.2 Å². The van der Waals surface area contributed by atoms with Crippen LogP contribution in [0.15, 0.2) is 60.7 Å². The lowest BCUT2D eigenvalue weighted by molar-refractivity contribution is -0.118. The van der Waals surface area contributed by atoms with E-state index in [4.69, 9.17) is 4.74 Å². The van der Waals surface area contributed by atoms with Gasteiger partial charge in [-0.1, -0.05) is 44.2 Å². The van der Waals surface area contributed by atoms with Crippen LogP contribution >= 0.6 is 0 Å². The molecular weight excluding hydrogens is 336 g/mol. The number of ether oxygens (including phenoxy) is 1. The topological polar surface area (TPSA) is 50.4 Å². The molecule has 4 nitrogen and oxygen atoms in total. The Bertz CT molecular complexity index is 917. The van der Waals surface area contributed by atoms with Crippen LogP contribution in [0.3, 0.4) is 0 Å². The van der Waals surface area contributed by atoms with Gasteiger partial charge < -0.3 is 15.4 Å². The smallest absolute Gasteiger partial charge is 0.226 e. The van der Waals surface area contributed by atoms with Crippen LogP contribution in [0.1, 0.15) is 26.3 Å². The van der Waals surface area contributed by atoms with Gasteiger partial charge in [0.2, 0.25) is 5.91 Å². The van der Waals surface area contributed by atoms with Crippen LogP contribution in [0.2, 0.25) is 0 Å². The van der Waals surface area contributed by atoms with Crippen molar-refractivity contribution in [1.29, 1.82) is 0 Å². The van der Waals surface area contributed by atoms with Crippen molar-refractivity contribution in [3.05, 3.63) is 66.2 Å². The number of hydrogen-bond acceptors (Lipinski definition) is 3. The van der Waals surface area contributed by atoms with E-state index in [-0.39, 0.29) is 11.8 Å². The van der Waals surface area contributed by atoms with Gasteiger partial charge in [0.1, 0.15) is 5.75 Å². The van der Waals surface area contributed by atoms with Gasteiger partial charge in [0.05, 0.1) is 6.61 Å². The van der Waals surface area contributed by atoms with E-state index in [9.17, 15) is 4.79 Å². The van der Waals surface area contributed by atoms with Gasteiger partial charge in [-0.25, -0.2) is 0 Å². The highest BCUT2D eigenvalue weighted by molar-refractivity contribution is 5.92. The van der Waals surface area contributed by atoms with E-state index in [1.165, 1.54) is 10.8 Å². The minimum atomic E-state index is -0.0360. The molecule has 0 aliphatic carbocycles. The molecule has 2 N–H and O–H groups in total. The summed E-state index contributed by atoms with van der Waals surface area (Å²) in [4.78, 5) is 11.8. The Balaban J connectivity index is 1.76. The Morgan fingerprint density at radius 3 is 2.37 bits per heavy atom. The molecule has 0 saturated carbocycles. The number of carbonyl (C=O) groups excluding carboxylic acids is 1. The summed E-state index contributed by atoms with van der Waals surface area (Å²) in [6.45, 7) is 7.05. The Kier molecular flexibility index (Phi) is 5.97. The van der Waals surface area contributed by atoms with Gasteiger partial charge in [0.25, 0.3) is 0 Å². The first-order valence-corrected chi connectivity index (χ1v) is 9.36. The lowest BCUT2D eigenvalue weighted by atomic mass is 10.0. The van der Waals surface area contributed by atoms with E-state index < -0.39 is 0 Å². The lowest BCUT2D eigenvalue weighted by Gasteiger charge is -2.15. The van der Waals surface area contributed by atoms with Crippen LogP contribution in [-0.2, 0) is 11.3 Å². The van der Waals surface area contributed by atoms with Gasteiger partial charge >= 0.3 is 0 Å². The van der Waals surface area contributed by atoms with E-state index in [2.05, 4.69) is 28.8 Å². The van der Waals surface area contributed by atoms with Crippen molar-refractivity contribution in [1.82, 2.24) is 0 Å². The molecule has 3 aromatic carbocycles. The van der Waals surface area contributed by atoms with Crippen LogP contribution < -0.4 is 15.4 Å². The molecule has 0 atom stereocenters. The molecule has 3 aromatic rings. The van der Waals surface area contributed by atoms with Crippen molar-refractivity contribution in [2.45, 2.75) is 27.3 Å². The maximum absolute atomic E-state index is 11.8. The Morgan fingerprint density at radius 2 is 1.67 bits per heavy atom. The third kappa shape index (κ3) is 4.59. The zero-order valence-corrected chi connectivity index (χ0v) is 16.1. The second-order valence-corrected chi connectivity index (χ2v) is 6.77. The fourth-order valence-electron chi connectivity index (χ4n) is 2.94. The number of carbonyl (C=O) groups is 1. The van der Waals surface area contributed by atoms with Gasteiger partial charge in [-0.05, 0) is 48.0 Å². The normalized spacial score (nSPS) is 10.8. The number of fused-ring (bicyclic) bond motifs is 1. The fraction of sp³-hybridized carbons (Fsp3) is 0.261. The number of nitrogens with one attached hydrogen (secondary N) is 2. The molecule has 0 aromatic heterocycles. The first-order valence-electron chi connectivity index (χ1n) is 9.36. The first-order chi connectivity index (χ1) is 13.1. The third-order valence-electron chi connectivity index (χ3n) is 4.44. The number of amides is 1. The van der Waals surface area contributed by atoms with E-state index in [1.54, 1.807) is 0 Å². The predicted octanol–water partition coefficient (Wildman–Crippen LogP) is 5.45. The van der Waals surface area contributed by atoms with Crippen molar-refractivity contribution in [2.75, 3.05) is 17.2 Å². The molecule has 4 heteroatoms. The molecular formula is C23H26N2O2. The van der Waals surface area contributed by atoms with E-state index in [0.29, 0.717) is 13.2 Å². The minimum Gasteiger partial charge on any atom is -0.494 e. The highest BCUT2D eigenvalue weighted by Crippen LogP contribution is 2.29. The van der Waals surface area contributed by atoms with Crippen LogP contribution in [0.4, 0.5) is 11.4 Å². The summed E-state index contributed by atoms with van der Waals surface area (Å²) < 4.78 is 5.83. The standard InChI is InChI=1S/C23H26N2O2/c1-4-27-22-14-9-17-7-5-6-8-20(17)21(22)15-24-18-10-12-19(13-11-18)25-23(26)16(2)3/h5-14,16,24H,4,15H2,1-3H3,(H,25,26). The summed E-state index contributed by atoms with van der Waals surface area (Å²) in [6, 6.07) is 20.2. The zero-order chi connectivity index (χ0) is 19.2. The van der Waals surface area contributed by atoms with E-state index in [0.717, 1.165) is 22.7 Å². The number of anilines is 2. The van der Waals surface area contributed by atoms with Crippen molar-refractivity contribution in [3.8, 4) is 5.75 Å². The van der Waals surface area contributed by atoms with Crippen LogP contribution in [0.5, 0.6) is 5.75 Å². The molecule has 0 fully saturated rings. The molecule has 0 radical (unpaired) electrons. The Hall–Kier alpha value is -3.01. The first kappa shape index (κ1) is 18.8. The van der Waals surface area contributed by atoms with Crippen molar-refractivity contribution in [2.24, 2.45) is 5.92 Å². The second-order valence-electron chi connectivity index (χ2n) is 6.77. The van der Waals surface area contributed by atoms with E-state index >= 15 is 0 Å². The van der Waals surface area contributed by atoms with Gasteiger partial charge in [-0.15, -0.1) is 0 Å². The molecule has 0 bridgehead atoms. The summed E-state index contributed by atoms with van der Waals surface area (Å²) >= 11 is 0. The number of hydrogen-bond donors (Lipinski definition) is 2. The second kappa shape index (κ2) is 8.58. The molecule has 0 spiro atoms. The quantitative estimate of drug-likeness (QED) is 0.588. The number of rotatable bonds is 7. The maximum atomic E-state index is 11.8. The summed E-state index contributed by atoms with van der Waals surface area (Å²) in [6.07, 6.45) is 0. The summed E-state index contributed by atoms with van der Waals surface area (Å²) in [7, 11) is 0. The monoisotopic (exact) mass is 362 g/mol. The highest BCUT2D eigenvalue weighted by Gasteiger charge is 2.09. The van der Waals surface area contributed by atoms with Crippen molar-refractivity contribution in [3.63, 3.8) is 0 Å². The molecule has 1 amide bonds. The SMILES string of the molecule is CCOc1ccc2ccccc2c1CNc1ccc(NC(=O)C(C)C)cc1. The lowest BCUT2D eigenvalue weighted by Crippen LogP contribution is -2.17. The van der Waals surface area contributed by atoms with Crippen molar-refractivity contribution < 1.29 is 9.53 Å². The van der Waals surface area contributed by atoms with Gasteiger partial charge in [-0.3, -0.25) is 4.79 Å². The summed E-state index contributed by atoms with van der Waals surface area (Å²) in [5.74, 6) is 0.892. The molecule has 0 saturated heterocycles. The molecule has 27 heavy (non-hydrogen) atoms. The van der Waals surface area contributed by atoms with Gasteiger partial charge in [-0.2, -0.15) is 0 Å². The molecule has 0 aliphatic rings. The number of benzene rings is 3. The molecule has 0 unspecified atom stereocenters. The highest BCUT2D eigenvalue weighted by atomic mass is 16.5. The predicted molar refractivity (Wildman–Crippen MR) is 112 cm³/mol. The Labute approximate surface area is 160 Å². The molecule has 3 rings (SSSR count). The molecule has 140 valence electrons. The molecule has 0 aliphatic heterocycles. The third-order valence-corrected chi connectivity index (χ3v) is 4.44. The van der Waals surface area contributed by atoms with Crippen LogP contribution in [0, 0.1) is 5.92 Å².